The molecule has 0 fully saturated rings. The van der Waals surface area contributed by atoms with Gasteiger partial charge in [0.2, 0.25) is 10.0 Å². The summed E-state index contributed by atoms with van der Waals surface area (Å²) in [5.41, 5.74) is 2.10. The molecule has 2 rings (SSSR count). The van der Waals surface area contributed by atoms with Crippen LogP contribution in [0, 0.1) is 6.92 Å². The second-order valence-corrected chi connectivity index (χ2v) is 7.91. The van der Waals surface area contributed by atoms with Crippen LogP contribution in [0.1, 0.15) is 29.8 Å². The molecule has 1 N–H and O–H groups in total. The zero-order chi connectivity index (χ0) is 17.9. The van der Waals surface area contributed by atoms with Crippen LogP contribution >= 0.6 is 0 Å². The van der Waals surface area contributed by atoms with Gasteiger partial charge in [0.25, 0.3) is 5.91 Å². The molecule has 0 atom stereocenters. The normalized spacial score (nSPS) is 11.8. The topological polar surface area (TPSA) is 66.5 Å². The number of hydrogen-bond acceptors (Lipinski definition) is 3. The first-order valence-corrected chi connectivity index (χ1v) is 9.12. The van der Waals surface area contributed by atoms with Crippen molar-refractivity contribution < 1.29 is 13.2 Å². The molecule has 0 aliphatic rings. The van der Waals surface area contributed by atoms with Crippen molar-refractivity contribution in [1.29, 1.82) is 0 Å². The Morgan fingerprint density at radius 2 is 1.62 bits per heavy atom. The van der Waals surface area contributed by atoms with Crippen molar-refractivity contribution >= 4 is 21.6 Å². The molecule has 2 aromatic carbocycles. The third kappa shape index (κ3) is 3.83. The van der Waals surface area contributed by atoms with E-state index in [1.165, 1.54) is 28.6 Å². The average molecular weight is 346 g/mol. The van der Waals surface area contributed by atoms with E-state index in [1.807, 2.05) is 45.0 Å². The van der Waals surface area contributed by atoms with E-state index in [1.54, 1.807) is 7.05 Å². The summed E-state index contributed by atoms with van der Waals surface area (Å²) >= 11 is 0. The van der Waals surface area contributed by atoms with Crippen LogP contribution in [0.15, 0.2) is 53.4 Å². The first-order chi connectivity index (χ1) is 11.2. The molecule has 0 saturated heterocycles. The molecule has 128 valence electrons. The molecule has 0 aliphatic carbocycles. The SMILES string of the molecule is Cc1ccccc1NC(=O)c1ccc(S(=O)(=O)N(C)C(C)C)cc1. The lowest BCUT2D eigenvalue weighted by Gasteiger charge is -2.21. The van der Waals surface area contributed by atoms with E-state index in [0.717, 1.165) is 11.3 Å². The fourth-order valence-corrected chi connectivity index (χ4v) is 3.50. The van der Waals surface area contributed by atoms with E-state index in [-0.39, 0.29) is 16.8 Å². The van der Waals surface area contributed by atoms with Crippen molar-refractivity contribution in [2.75, 3.05) is 12.4 Å². The smallest absolute Gasteiger partial charge is 0.255 e. The highest BCUT2D eigenvalue weighted by Crippen LogP contribution is 2.19. The first-order valence-electron chi connectivity index (χ1n) is 7.68. The fourth-order valence-electron chi connectivity index (χ4n) is 2.13. The maximum absolute atomic E-state index is 12.4. The van der Waals surface area contributed by atoms with Gasteiger partial charge in [-0.25, -0.2) is 8.42 Å². The minimum atomic E-state index is -3.54. The van der Waals surface area contributed by atoms with Gasteiger partial charge in [0.05, 0.1) is 4.90 Å². The molecule has 6 heteroatoms. The predicted molar refractivity (Wildman–Crippen MR) is 95.7 cm³/mol. The number of para-hydroxylation sites is 1. The maximum Gasteiger partial charge on any atom is 0.255 e. The molecule has 0 saturated carbocycles. The number of nitrogens with one attached hydrogen (secondary N) is 1. The quantitative estimate of drug-likeness (QED) is 0.903. The summed E-state index contributed by atoms with van der Waals surface area (Å²) in [7, 11) is -2.00. The lowest BCUT2D eigenvalue weighted by atomic mass is 10.1. The number of benzene rings is 2. The predicted octanol–water partition coefficient (Wildman–Crippen LogP) is 3.28. The molecule has 0 aromatic heterocycles. The van der Waals surface area contributed by atoms with Crippen LogP contribution in [-0.4, -0.2) is 31.7 Å². The summed E-state index contributed by atoms with van der Waals surface area (Å²) < 4.78 is 26.1. The minimum Gasteiger partial charge on any atom is -0.322 e. The third-order valence-electron chi connectivity index (χ3n) is 3.91. The fraction of sp³-hybridized carbons (Fsp3) is 0.278. The second kappa shape index (κ2) is 7.15. The highest BCUT2D eigenvalue weighted by molar-refractivity contribution is 7.89. The van der Waals surface area contributed by atoms with Gasteiger partial charge in [-0.05, 0) is 56.7 Å². The van der Waals surface area contributed by atoms with E-state index >= 15 is 0 Å². The molecular formula is C18H22N2O3S. The number of carbonyl (C=O) groups is 1. The zero-order valence-electron chi connectivity index (χ0n) is 14.3. The van der Waals surface area contributed by atoms with Crippen molar-refractivity contribution in [3.63, 3.8) is 0 Å². The number of hydrogen-bond donors (Lipinski definition) is 1. The van der Waals surface area contributed by atoms with Gasteiger partial charge in [-0.15, -0.1) is 0 Å². The zero-order valence-corrected chi connectivity index (χ0v) is 15.1. The Bertz CT molecular complexity index is 828. The molecule has 0 heterocycles. The van der Waals surface area contributed by atoms with Crippen LogP contribution in [0.25, 0.3) is 0 Å². The standard InChI is InChI=1S/C18H22N2O3S/c1-13(2)20(4)24(22,23)16-11-9-15(10-12-16)18(21)19-17-8-6-5-7-14(17)3/h5-13H,1-4H3,(H,19,21). The van der Waals surface area contributed by atoms with Gasteiger partial charge in [-0.2, -0.15) is 4.31 Å². The summed E-state index contributed by atoms with van der Waals surface area (Å²) in [6, 6.07) is 13.3. The minimum absolute atomic E-state index is 0.140. The van der Waals surface area contributed by atoms with Crippen LogP contribution < -0.4 is 5.32 Å². The molecule has 0 bridgehead atoms. The molecule has 1 amide bonds. The number of anilines is 1. The largest absolute Gasteiger partial charge is 0.322 e. The van der Waals surface area contributed by atoms with Gasteiger partial charge >= 0.3 is 0 Å². The Labute approximate surface area is 143 Å². The Hall–Kier alpha value is -2.18. The molecule has 0 radical (unpaired) electrons. The van der Waals surface area contributed by atoms with Crippen LogP contribution in [-0.2, 0) is 10.0 Å². The van der Waals surface area contributed by atoms with Crippen LogP contribution in [0.3, 0.4) is 0 Å². The molecule has 2 aromatic rings. The molecule has 24 heavy (non-hydrogen) atoms. The summed E-state index contributed by atoms with van der Waals surface area (Å²) in [4.78, 5) is 12.5. The number of rotatable bonds is 5. The Morgan fingerprint density at radius 1 is 1.04 bits per heavy atom. The highest BCUT2D eigenvalue weighted by Gasteiger charge is 2.23. The molecule has 5 nitrogen and oxygen atoms in total. The lowest BCUT2D eigenvalue weighted by molar-refractivity contribution is 0.102. The maximum atomic E-state index is 12.4. The monoisotopic (exact) mass is 346 g/mol. The number of nitrogens with zero attached hydrogens (tertiary/aromatic N) is 1. The van der Waals surface area contributed by atoms with Crippen molar-refractivity contribution in [3.8, 4) is 0 Å². The van der Waals surface area contributed by atoms with Crippen LogP contribution in [0.4, 0.5) is 5.69 Å². The second-order valence-electron chi connectivity index (χ2n) is 5.91. The molecule has 0 unspecified atom stereocenters. The highest BCUT2D eigenvalue weighted by atomic mass is 32.2. The van der Waals surface area contributed by atoms with E-state index in [9.17, 15) is 13.2 Å². The van der Waals surface area contributed by atoms with Gasteiger partial charge in [0.1, 0.15) is 0 Å². The van der Waals surface area contributed by atoms with Crippen molar-refractivity contribution in [1.82, 2.24) is 4.31 Å². The van der Waals surface area contributed by atoms with Crippen molar-refractivity contribution in [3.05, 3.63) is 59.7 Å². The Morgan fingerprint density at radius 3 is 2.17 bits per heavy atom. The molecule has 0 aliphatic heterocycles. The van der Waals surface area contributed by atoms with Crippen molar-refractivity contribution in [2.45, 2.75) is 31.7 Å². The molecule has 0 spiro atoms. The summed E-state index contributed by atoms with van der Waals surface area (Å²) in [6.45, 7) is 5.52. The van der Waals surface area contributed by atoms with Crippen LogP contribution in [0.5, 0.6) is 0 Å². The van der Waals surface area contributed by atoms with Gasteiger partial charge in [-0.1, -0.05) is 18.2 Å². The number of sulfonamides is 1. The Balaban J connectivity index is 2.20. The van der Waals surface area contributed by atoms with E-state index in [2.05, 4.69) is 5.32 Å². The summed E-state index contributed by atoms with van der Waals surface area (Å²) in [6.07, 6.45) is 0. The van der Waals surface area contributed by atoms with E-state index in [0.29, 0.717) is 5.56 Å². The van der Waals surface area contributed by atoms with Gasteiger partial charge in [0, 0.05) is 24.3 Å². The number of aryl methyl sites for hydroxylation is 1. The van der Waals surface area contributed by atoms with Crippen LogP contribution in [0.2, 0.25) is 0 Å². The van der Waals surface area contributed by atoms with Gasteiger partial charge in [0.15, 0.2) is 0 Å². The molecular weight excluding hydrogens is 324 g/mol. The van der Waals surface area contributed by atoms with Crippen molar-refractivity contribution in [2.24, 2.45) is 0 Å². The Kier molecular flexibility index (Phi) is 5.41. The summed E-state index contributed by atoms with van der Waals surface area (Å²) in [5.74, 6) is -0.273. The average Bonchev–Trinajstić information content (AvgIpc) is 2.56. The van der Waals surface area contributed by atoms with E-state index in [4.69, 9.17) is 0 Å². The number of carbonyl (C=O) groups excluding carboxylic acids is 1. The lowest BCUT2D eigenvalue weighted by Crippen LogP contribution is -2.33. The number of amides is 1. The van der Waals surface area contributed by atoms with Gasteiger partial charge in [-0.3, -0.25) is 4.79 Å². The first kappa shape index (κ1) is 18.2. The third-order valence-corrected chi connectivity index (χ3v) is 5.96. The van der Waals surface area contributed by atoms with Gasteiger partial charge < -0.3 is 5.32 Å². The summed E-state index contributed by atoms with van der Waals surface area (Å²) in [5, 5.41) is 2.83. The van der Waals surface area contributed by atoms with E-state index < -0.39 is 10.0 Å².